The van der Waals surface area contributed by atoms with Crippen molar-refractivity contribution in [1.29, 1.82) is 0 Å². The molecule has 3 nitrogen and oxygen atoms in total. The van der Waals surface area contributed by atoms with E-state index in [4.69, 9.17) is 4.74 Å². The molecule has 0 unspecified atom stereocenters. The van der Waals surface area contributed by atoms with Crippen molar-refractivity contribution in [1.82, 2.24) is 9.97 Å². The number of aromatic amines is 1. The van der Waals surface area contributed by atoms with Gasteiger partial charge in [-0.25, -0.2) is 4.98 Å². The monoisotopic (exact) mass is 248 g/mol. The van der Waals surface area contributed by atoms with Gasteiger partial charge in [0.1, 0.15) is 11.6 Å². The van der Waals surface area contributed by atoms with Crippen LogP contribution in [-0.2, 0) is 5.75 Å². The third-order valence-electron chi connectivity index (χ3n) is 2.69. The van der Waals surface area contributed by atoms with Gasteiger partial charge in [-0.05, 0) is 26.0 Å². The number of thiol groups is 1. The summed E-state index contributed by atoms with van der Waals surface area (Å²) >= 11 is 4.23. The van der Waals surface area contributed by atoms with E-state index in [0.29, 0.717) is 5.75 Å². The molecule has 0 aliphatic heterocycles. The molecule has 0 atom stereocenters. The van der Waals surface area contributed by atoms with Crippen LogP contribution in [0.25, 0.3) is 11.3 Å². The molecule has 90 valence electrons. The van der Waals surface area contributed by atoms with Gasteiger partial charge in [0.25, 0.3) is 0 Å². The van der Waals surface area contributed by atoms with Gasteiger partial charge in [0.2, 0.25) is 0 Å². The summed E-state index contributed by atoms with van der Waals surface area (Å²) in [6, 6.07) is 6.09. The fourth-order valence-electron chi connectivity index (χ4n) is 1.87. The van der Waals surface area contributed by atoms with Crippen molar-refractivity contribution in [3.63, 3.8) is 0 Å². The molecule has 0 radical (unpaired) electrons. The molecule has 0 saturated carbocycles. The Morgan fingerprint density at radius 1 is 1.35 bits per heavy atom. The predicted molar refractivity (Wildman–Crippen MR) is 72.7 cm³/mol. The summed E-state index contributed by atoms with van der Waals surface area (Å²) in [5.74, 6) is 2.33. The van der Waals surface area contributed by atoms with Crippen LogP contribution in [0.5, 0.6) is 5.75 Å². The first kappa shape index (κ1) is 12.0. The normalized spacial score (nSPS) is 10.6. The summed E-state index contributed by atoms with van der Waals surface area (Å²) in [6.45, 7) is 4.07. The topological polar surface area (TPSA) is 37.9 Å². The van der Waals surface area contributed by atoms with Crippen LogP contribution in [0.3, 0.4) is 0 Å². The Labute approximate surface area is 107 Å². The second-order valence-electron chi connectivity index (χ2n) is 4.02. The van der Waals surface area contributed by atoms with Crippen LogP contribution in [0.2, 0.25) is 0 Å². The summed E-state index contributed by atoms with van der Waals surface area (Å²) in [7, 11) is 1.68. The van der Waals surface area contributed by atoms with Gasteiger partial charge in [0, 0.05) is 17.0 Å². The lowest BCUT2D eigenvalue weighted by atomic mass is 10.1. The molecule has 2 aromatic rings. The van der Waals surface area contributed by atoms with Crippen LogP contribution in [0, 0.1) is 13.8 Å². The standard InChI is InChI=1S/C13H16N2OS/c1-8-4-5-11(16-3)10(6-8)13-9(2)14-12(7-17)15-13/h4-6,17H,7H2,1-3H3,(H,14,15). The molecule has 1 N–H and O–H groups in total. The lowest BCUT2D eigenvalue weighted by molar-refractivity contribution is 0.416. The van der Waals surface area contributed by atoms with Gasteiger partial charge < -0.3 is 9.72 Å². The minimum atomic E-state index is 0.606. The van der Waals surface area contributed by atoms with Crippen molar-refractivity contribution in [2.24, 2.45) is 0 Å². The van der Waals surface area contributed by atoms with Crippen molar-refractivity contribution in [2.45, 2.75) is 19.6 Å². The Bertz CT molecular complexity index is 534. The number of rotatable bonds is 3. The average Bonchev–Trinajstić information content (AvgIpc) is 2.70. The number of ether oxygens (including phenoxy) is 1. The molecule has 0 spiro atoms. The highest BCUT2D eigenvalue weighted by Crippen LogP contribution is 2.31. The van der Waals surface area contributed by atoms with E-state index in [-0.39, 0.29) is 0 Å². The van der Waals surface area contributed by atoms with Gasteiger partial charge in [0.15, 0.2) is 0 Å². The van der Waals surface area contributed by atoms with Crippen molar-refractivity contribution < 1.29 is 4.74 Å². The van der Waals surface area contributed by atoms with E-state index >= 15 is 0 Å². The zero-order valence-corrected chi connectivity index (χ0v) is 11.1. The quantitative estimate of drug-likeness (QED) is 0.819. The number of aromatic nitrogens is 2. The van der Waals surface area contributed by atoms with Crippen LogP contribution in [0.15, 0.2) is 18.2 Å². The SMILES string of the molecule is COc1ccc(C)cc1-c1nc(CS)[nH]c1C. The van der Waals surface area contributed by atoms with Crippen molar-refractivity contribution in [3.8, 4) is 17.0 Å². The molecule has 0 saturated heterocycles. The Morgan fingerprint density at radius 3 is 2.71 bits per heavy atom. The van der Waals surface area contributed by atoms with E-state index in [9.17, 15) is 0 Å². The van der Waals surface area contributed by atoms with E-state index in [2.05, 4.69) is 35.6 Å². The van der Waals surface area contributed by atoms with Crippen LogP contribution >= 0.6 is 12.6 Å². The Kier molecular flexibility index (Phi) is 3.43. The summed E-state index contributed by atoms with van der Waals surface area (Å²) in [5, 5.41) is 0. The van der Waals surface area contributed by atoms with E-state index in [1.54, 1.807) is 7.11 Å². The molecule has 1 aromatic carbocycles. The highest BCUT2D eigenvalue weighted by atomic mass is 32.1. The van der Waals surface area contributed by atoms with Crippen LogP contribution in [0.1, 0.15) is 17.1 Å². The molecule has 1 aromatic heterocycles. The number of hydrogen-bond acceptors (Lipinski definition) is 3. The average molecular weight is 248 g/mol. The third kappa shape index (κ3) is 2.31. The number of methoxy groups -OCH3 is 1. The molecule has 0 amide bonds. The van der Waals surface area contributed by atoms with Gasteiger partial charge in [-0.15, -0.1) is 0 Å². The minimum absolute atomic E-state index is 0.606. The molecular formula is C13H16N2OS. The van der Waals surface area contributed by atoms with E-state index < -0.39 is 0 Å². The Hall–Kier alpha value is -1.42. The van der Waals surface area contributed by atoms with Crippen molar-refractivity contribution in [3.05, 3.63) is 35.3 Å². The fourth-order valence-corrected chi connectivity index (χ4v) is 2.02. The van der Waals surface area contributed by atoms with Gasteiger partial charge in [-0.1, -0.05) is 11.6 Å². The maximum Gasteiger partial charge on any atom is 0.128 e. The molecule has 0 bridgehead atoms. The van der Waals surface area contributed by atoms with Gasteiger partial charge in [-0.2, -0.15) is 12.6 Å². The summed E-state index contributed by atoms with van der Waals surface area (Å²) in [6.07, 6.45) is 0. The maximum atomic E-state index is 5.38. The predicted octanol–water partition coefficient (Wildman–Crippen LogP) is 3.13. The highest BCUT2D eigenvalue weighted by Gasteiger charge is 2.13. The lowest BCUT2D eigenvalue weighted by Gasteiger charge is -2.08. The maximum absolute atomic E-state index is 5.38. The summed E-state index contributed by atoms with van der Waals surface area (Å²) < 4.78 is 5.38. The second-order valence-corrected chi connectivity index (χ2v) is 4.34. The number of nitrogens with one attached hydrogen (secondary N) is 1. The number of aryl methyl sites for hydroxylation is 2. The van der Waals surface area contributed by atoms with Crippen LogP contribution in [0.4, 0.5) is 0 Å². The van der Waals surface area contributed by atoms with E-state index in [1.165, 1.54) is 5.56 Å². The van der Waals surface area contributed by atoms with Gasteiger partial charge >= 0.3 is 0 Å². The minimum Gasteiger partial charge on any atom is -0.496 e. The fraction of sp³-hybridized carbons (Fsp3) is 0.308. The zero-order valence-electron chi connectivity index (χ0n) is 10.2. The number of hydrogen-bond donors (Lipinski definition) is 2. The smallest absolute Gasteiger partial charge is 0.128 e. The molecule has 17 heavy (non-hydrogen) atoms. The third-order valence-corrected chi connectivity index (χ3v) is 2.99. The first-order valence-electron chi connectivity index (χ1n) is 5.47. The largest absolute Gasteiger partial charge is 0.496 e. The molecular weight excluding hydrogens is 232 g/mol. The number of H-pyrrole nitrogens is 1. The summed E-state index contributed by atoms with van der Waals surface area (Å²) in [5.41, 5.74) is 4.19. The molecule has 0 aliphatic rings. The molecule has 0 fully saturated rings. The van der Waals surface area contributed by atoms with E-state index in [1.807, 2.05) is 19.1 Å². The molecule has 4 heteroatoms. The number of nitrogens with zero attached hydrogens (tertiary/aromatic N) is 1. The highest BCUT2D eigenvalue weighted by molar-refractivity contribution is 7.79. The number of benzene rings is 1. The van der Waals surface area contributed by atoms with Gasteiger partial charge in [-0.3, -0.25) is 0 Å². The van der Waals surface area contributed by atoms with E-state index in [0.717, 1.165) is 28.5 Å². The molecule has 2 rings (SSSR count). The molecule has 1 heterocycles. The second kappa shape index (κ2) is 4.84. The van der Waals surface area contributed by atoms with Gasteiger partial charge in [0.05, 0.1) is 12.8 Å². The Morgan fingerprint density at radius 2 is 2.12 bits per heavy atom. The number of imidazole rings is 1. The van der Waals surface area contributed by atoms with Crippen molar-refractivity contribution >= 4 is 12.6 Å². The zero-order chi connectivity index (χ0) is 12.4. The molecule has 0 aliphatic carbocycles. The van der Waals surface area contributed by atoms with Crippen LogP contribution in [-0.4, -0.2) is 17.1 Å². The Balaban J connectivity index is 2.58. The van der Waals surface area contributed by atoms with Crippen LogP contribution < -0.4 is 4.74 Å². The van der Waals surface area contributed by atoms with Crippen molar-refractivity contribution in [2.75, 3.05) is 7.11 Å². The first-order chi connectivity index (χ1) is 8.15. The first-order valence-corrected chi connectivity index (χ1v) is 6.10. The summed E-state index contributed by atoms with van der Waals surface area (Å²) in [4.78, 5) is 7.76. The lowest BCUT2D eigenvalue weighted by Crippen LogP contribution is -1.90.